The van der Waals surface area contributed by atoms with Crippen LogP contribution in [-0.2, 0) is 0 Å². The maximum absolute atomic E-state index is 8.96. The van der Waals surface area contributed by atoms with Gasteiger partial charge >= 0.3 is 0 Å². The topological polar surface area (TPSA) is 23.5 Å². The molecule has 2 atom stereocenters. The number of hydrogen-bond donors (Lipinski definition) is 1. The van der Waals surface area contributed by atoms with Gasteiger partial charge in [0.25, 0.3) is 0 Å². The minimum Gasteiger partial charge on any atom is -0.395 e. The highest BCUT2D eigenvalue weighted by Crippen LogP contribution is 2.17. The van der Waals surface area contributed by atoms with E-state index in [0.717, 1.165) is 6.54 Å². The molecule has 66 valence electrons. The van der Waals surface area contributed by atoms with Crippen LogP contribution in [0.3, 0.4) is 0 Å². The second-order valence-electron chi connectivity index (χ2n) is 3.19. The van der Waals surface area contributed by atoms with E-state index in [4.69, 9.17) is 5.11 Å². The Kier molecular flexibility index (Phi) is 3.69. The van der Waals surface area contributed by atoms with Gasteiger partial charge in [0.1, 0.15) is 0 Å². The lowest BCUT2D eigenvalue weighted by Crippen LogP contribution is -2.47. The molecule has 0 bridgehead atoms. The monoisotopic (exact) mass is 175 g/mol. The van der Waals surface area contributed by atoms with Gasteiger partial charge in [-0.1, -0.05) is 0 Å². The minimum absolute atomic E-state index is 0.287. The number of aliphatic hydroxyl groups excluding tert-OH is 1. The first kappa shape index (κ1) is 9.36. The Bertz CT molecular complexity index is 117. The predicted molar refractivity (Wildman–Crippen MR) is 50.0 cm³/mol. The van der Waals surface area contributed by atoms with Crippen LogP contribution in [0.4, 0.5) is 0 Å². The lowest BCUT2D eigenvalue weighted by molar-refractivity contribution is 0.112. The van der Waals surface area contributed by atoms with Gasteiger partial charge in [0.15, 0.2) is 0 Å². The van der Waals surface area contributed by atoms with Crippen molar-refractivity contribution in [3.63, 3.8) is 0 Å². The van der Waals surface area contributed by atoms with Gasteiger partial charge in [0.05, 0.1) is 6.61 Å². The Morgan fingerprint density at radius 2 is 2.45 bits per heavy atom. The fourth-order valence-corrected chi connectivity index (χ4v) is 2.54. The molecule has 1 heterocycles. The van der Waals surface area contributed by atoms with Crippen molar-refractivity contribution in [2.75, 3.05) is 24.7 Å². The number of rotatable bonds is 2. The highest BCUT2D eigenvalue weighted by atomic mass is 32.2. The molecule has 0 spiro atoms. The Hall–Kier alpha value is 0.270. The Morgan fingerprint density at radius 1 is 1.73 bits per heavy atom. The molecular weight excluding hydrogens is 158 g/mol. The van der Waals surface area contributed by atoms with Crippen LogP contribution in [0.2, 0.25) is 0 Å². The molecule has 2 unspecified atom stereocenters. The van der Waals surface area contributed by atoms with Crippen LogP contribution >= 0.6 is 11.8 Å². The van der Waals surface area contributed by atoms with Crippen LogP contribution in [0.1, 0.15) is 13.8 Å². The number of nitrogens with zero attached hydrogens (tertiary/aromatic N) is 1. The number of aliphatic hydroxyl groups is 1. The standard InChI is InChI=1S/C8H17NOS/c1-7(5-10)9-3-4-11-6-8(9)2/h7-8,10H,3-6H2,1-2H3. The second kappa shape index (κ2) is 4.33. The van der Waals surface area contributed by atoms with Crippen molar-refractivity contribution >= 4 is 11.8 Å². The van der Waals surface area contributed by atoms with E-state index >= 15 is 0 Å². The van der Waals surface area contributed by atoms with Crippen LogP contribution in [0.5, 0.6) is 0 Å². The van der Waals surface area contributed by atoms with Crippen molar-refractivity contribution in [3.05, 3.63) is 0 Å². The maximum Gasteiger partial charge on any atom is 0.0584 e. The molecule has 1 rings (SSSR count). The summed E-state index contributed by atoms with van der Waals surface area (Å²) in [6.45, 7) is 5.74. The van der Waals surface area contributed by atoms with Crippen molar-refractivity contribution in [2.45, 2.75) is 25.9 Å². The fourth-order valence-electron chi connectivity index (χ4n) is 1.50. The molecule has 1 N–H and O–H groups in total. The third kappa shape index (κ3) is 2.36. The maximum atomic E-state index is 8.96. The first-order chi connectivity index (χ1) is 5.25. The average Bonchev–Trinajstić information content (AvgIpc) is 2.04. The zero-order valence-corrected chi connectivity index (χ0v) is 8.10. The summed E-state index contributed by atoms with van der Waals surface area (Å²) in [6, 6.07) is 0.974. The molecule has 1 fully saturated rings. The SMILES string of the molecule is CC(CO)N1CCSCC1C. The Balaban J connectivity index is 2.40. The third-order valence-corrected chi connectivity index (χ3v) is 3.44. The summed E-state index contributed by atoms with van der Waals surface area (Å²) >= 11 is 2.01. The summed E-state index contributed by atoms with van der Waals surface area (Å²) < 4.78 is 0. The molecule has 0 aromatic carbocycles. The van der Waals surface area contributed by atoms with E-state index in [2.05, 4.69) is 18.7 Å². The molecule has 1 aliphatic heterocycles. The van der Waals surface area contributed by atoms with Crippen LogP contribution < -0.4 is 0 Å². The molecule has 0 aromatic rings. The van der Waals surface area contributed by atoms with Crippen molar-refractivity contribution in [1.29, 1.82) is 0 Å². The zero-order valence-electron chi connectivity index (χ0n) is 7.29. The quantitative estimate of drug-likeness (QED) is 0.671. The van der Waals surface area contributed by atoms with E-state index in [9.17, 15) is 0 Å². The highest BCUT2D eigenvalue weighted by molar-refractivity contribution is 7.99. The molecule has 0 aliphatic carbocycles. The van der Waals surface area contributed by atoms with E-state index in [-0.39, 0.29) is 6.61 Å². The summed E-state index contributed by atoms with van der Waals surface area (Å²) in [4.78, 5) is 2.39. The molecule has 3 heteroatoms. The molecule has 11 heavy (non-hydrogen) atoms. The van der Waals surface area contributed by atoms with Crippen LogP contribution in [0.25, 0.3) is 0 Å². The summed E-state index contributed by atoms with van der Waals surface area (Å²) in [7, 11) is 0. The van der Waals surface area contributed by atoms with E-state index < -0.39 is 0 Å². The molecule has 0 amide bonds. The van der Waals surface area contributed by atoms with Gasteiger partial charge < -0.3 is 5.11 Å². The predicted octanol–water partition coefficient (Wildman–Crippen LogP) is 0.805. The minimum atomic E-state index is 0.287. The van der Waals surface area contributed by atoms with Gasteiger partial charge in [-0.3, -0.25) is 4.90 Å². The largest absolute Gasteiger partial charge is 0.395 e. The first-order valence-electron chi connectivity index (χ1n) is 4.20. The fraction of sp³-hybridized carbons (Fsp3) is 1.00. The van der Waals surface area contributed by atoms with Gasteiger partial charge in [-0.15, -0.1) is 0 Å². The molecule has 0 saturated carbocycles. The van der Waals surface area contributed by atoms with Gasteiger partial charge in [-0.2, -0.15) is 11.8 Å². The van der Waals surface area contributed by atoms with E-state index in [1.807, 2.05) is 11.8 Å². The first-order valence-corrected chi connectivity index (χ1v) is 5.35. The van der Waals surface area contributed by atoms with Crippen molar-refractivity contribution in [2.24, 2.45) is 0 Å². The van der Waals surface area contributed by atoms with E-state index in [1.165, 1.54) is 11.5 Å². The summed E-state index contributed by atoms with van der Waals surface area (Å²) in [5.41, 5.74) is 0. The molecule has 2 nitrogen and oxygen atoms in total. The zero-order chi connectivity index (χ0) is 8.27. The highest BCUT2D eigenvalue weighted by Gasteiger charge is 2.22. The van der Waals surface area contributed by atoms with Gasteiger partial charge in [0, 0.05) is 30.1 Å². The van der Waals surface area contributed by atoms with E-state index in [1.54, 1.807) is 0 Å². The van der Waals surface area contributed by atoms with Crippen LogP contribution in [-0.4, -0.2) is 46.7 Å². The van der Waals surface area contributed by atoms with Crippen LogP contribution in [0, 0.1) is 0 Å². The van der Waals surface area contributed by atoms with Gasteiger partial charge in [-0.05, 0) is 13.8 Å². The summed E-state index contributed by atoms with van der Waals surface area (Å²) in [6.07, 6.45) is 0. The lowest BCUT2D eigenvalue weighted by atomic mass is 10.2. The molecule has 0 radical (unpaired) electrons. The molecule has 1 saturated heterocycles. The summed E-state index contributed by atoms with van der Waals surface area (Å²) in [5.74, 6) is 2.43. The second-order valence-corrected chi connectivity index (χ2v) is 4.34. The van der Waals surface area contributed by atoms with Crippen molar-refractivity contribution < 1.29 is 5.11 Å². The van der Waals surface area contributed by atoms with Crippen molar-refractivity contribution in [3.8, 4) is 0 Å². The van der Waals surface area contributed by atoms with Gasteiger partial charge in [0.2, 0.25) is 0 Å². The Labute approximate surface area is 73.0 Å². The van der Waals surface area contributed by atoms with Crippen LogP contribution in [0.15, 0.2) is 0 Å². The normalized spacial score (nSPS) is 30.3. The number of thioether (sulfide) groups is 1. The average molecular weight is 175 g/mol. The summed E-state index contributed by atoms with van der Waals surface area (Å²) in [5, 5.41) is 8.96. The smallest absolute Gasteiger partial charge is 0.0584 e. The third-order valence-electron chi connectivity index (χ3n) is 2.25. The van der Waals surface area contributed by atoms with Gasteiger partial charge in [-0.25, -0.2) is 0 Å². The number of hydrogen-bond acceptors (Lipinski definition) is 3. The van der Waals surface area contributed by atoms with Crippen molar-refractivity contribution in [1.82, 2.24) is 4.90 Å². The Morgan fingerprint density at radius 3 is 3.00 bits per heavy atom. The van der Waals surface area contributed by atoms with E-state index in [0.29, 0.717) is 12.1 Å². The molecule has 1 aliphatic rings. The molecular formula is C8H17NOS. The lowest BCUT2D eigenvalue weighted by Gasteiger charge is -2.36. The molecule has 0 aromatic heterocycles.